The molecule has 12 heavy (non-hydrogen) atoms. The first kappa shape index (κ1) is 11.8. The van der Waals surface area contributed by atoms with Crippen molar-refractivity contribution in [2.24, 2.45) is 5.92 Å². The van der Waals surface area contributed by atoms with Crippen LogP contribution in [0, 0.1) is 5.92 Å². The van der Waals surface area contributed by atoms with E-state index >= 15 is 0 Å². The first-order valence-corrected chi connectivity index (χ1v) is 5.28. The molecule has 1 atom stereocenters. The summed E-state index contributed by atoms with van der Waals surface area (Å²) in [4.78, 5) is 11.1. The quantitative estimate of drug-likeness (QED) is 0.636. The molecular formula is C9H18O2S. The number of methoxy groups -OCH3 is 1. The molecule has 0 heterocycles. The zero-order valence-electron chi connectivity index (χ0n) is 8.51. The zero-order valence-corrected chi connectivity index (χ0v) is 9.33. The smallest absolute Gasteiger partial charge is 0.308 e. The molecular weight excluding hydrogens is 172 g/mol. The molecule has 0 N–H and O–H groups in total. The van der Waals surface area contributed by atoms with Crippen molar-refractivity contribution in [1.82, 2.24) is 0 Å². The minimum Gasteiger partial charge on any atom is -0.469 e. The Morgan fingerprint density at radius 2 is 2.08 bits per heavy atom. The van der Waals surface area contributed by atoms with Gasteiger partial charge < -0.3 is 4.74 Å². The maximum atomic E-state index is 11.1. The molecule has 0 aromatic rings. The standard InChI is InChI=1S/C9H18O2S/c1-7(8(10)11-4)6-9(2,3)12-5/h7H,6H2,1-5H3. The van der Waals surface area contributed by atoms with Crippen molar-refractivity contribution in [2.45, 2.75) is 31.9 Å². The monoisotopic (exact) mass is 190 g/mol. The van der Waals surface area contributed by atoms with Crippen LogP contribution >= 0.6 is 11.8 Å². The van der Waals surface area contributed by atoms with E-state index in [0.717, 1.165) is 6.42 Å². The van der Waals surface area contributed by atoms with E-state index in [4.69, 9.17) is 0 Å². The predicted molar refractivity (Wildman–Crippen MR) is 53.4 cm³/mol. The van der Waals surface area contributed by atoms with Crippen molar-refractivity contribution in [1.29, 1.82) is 0 Å². The summed E-state index contributed by atoms with van der Waals surface area (Å²) in [6.07, 6.45) is 2.92. The van der Waals surface area contributed by atoms with E-state index in [0.29, 0.717) is 0 Å². The van der Waals surface area contributed by atoms with Crippen molar-refractivity contribution < 1.29 is 9.53 Å². The molecule has 0 aliphatic carbocycles. The van der Waals surface area contributed by atoms with Gasteiger partial charge in [0.15, 0.2) is 0 Å². The first-order valence-electron chi connectivity index (χ1n) is 4.06. The van der Waals surface area contributed by atoms with Gasteiger partial charge in [0.25, 0.3) is 0 Å². The molecule has 2 nitrogen and oxygen atoms in total. The molecule has 0 radical (unpaired) electrons. The highest BCUT2D eigenvalue weighted by Gasteiger charge is 2.24. The van der Waals surface area contributed by atoms with Gasteiger partial charge in [0.1, 0.15) is 0 Å². The third-order valence-corrected chi connectivity index (χ3v) is 3.23. The van der Waals surface area contributed by atoms with E-state index in [1.54, 1.807) is 11.8 Å². The summed E-state index contributed by atoms with van der Waals surface area (Å²) in [7, 11) is 1.44. The van der Waals surface area contributed by atoms with Gasteiger partial charge in [-0.25, -0.2) is 0 Å². The Hall–Kier alpha value is -0.180. The molecule has 0 aliphatic rings. The van der Waals surface area contributed by atoms with Gasteiger partial charge in [0, 0.05) is 4.75 Å². The fourth-order valence-electron chi connectivity index (χ4n) is 1.11. The second-order valence-electron chi connectivity index (χ2n) is 3.59. The van der Waals surface area contributed by atoms with Crippen molar-refractivity contribution in [3.8, 4) is 0 Å². The van der Waals surface area contributed by atoms with Crippen LogP contribution in [0.5, 0.6) is 0 Å². The average Bonchev–Trinajstić information content (AvgIpc) is 2.02. The lowest BCUT2D eigenvalue weighted by molar-refractivity contribution is -0.145. The lowest BCUT2D eigenvalue weighted by Crippen LogP contribution is -2.23. The van der Waals surface area contributed by atoms with Gasteiger partial charge in [-0.2, -0.15) is 11.8 Å². The van der Waals surface area contributed by atoms with Crippen molar-refractivity contribution in [2.75, 3.05) is 13.4 Å². The third kappa shape index (κ3) is 4.00. The van der Waals surface area contributed by atoms with Crippen LogP contribution in [-0.2, 0) is 9.53 Å². The first-order chi connectivity index (χ1) is 5.43. The van der Waals surface area contributed by atoms with Crippen LogP contribution in [0.3, 0.4) is 0 Å². The van der Waals surface area contributed by atoms with Crippen LogP contribution < -0.4 is 0 Å². The summed E-state index contributed by atoms with van der Waals surface area (Å²) in [6, 6.07) is 0. The Labute approximate surface area is 79.1 Å². The van der Waals surface area contributed by atoms with Crippen LogP contribution in [0.15, 0.2) is 0 Å². The van der Waals surface area contributed by atoms with Crippen molar-refractivity contribution >= 4 is 17.7 Å². The molecule has 0 spiro atoms. The number of hydrogen-bond donors (Lipinski definition) is 0. The van der Waals surface area contributed by atoms with E-state index in [2.05, 4.69) is 24.8 Å². The number of hydrogen-bond acceptors (Lipinski definition) is 3. The van der Waals surface area contributed by atoms with Crippen LogP contribution in [0.1, 0.15) is 27.2 Å². The molecule has 72 valence electrons. The van der Waals surface area contributed by atoms with Gasteiger partial charge in [-0.15, -0.1) is 0 Å². The molecule has 0 amide bonds. The van der Waals surface area contributed by atoms with Gasteiger partial charge >= 0.3 is 5.97 Å². The molecule has 0 rings (SSSR count). The highest BCUT2D eigenvalue weighted by Crippen LogP contribution is 2.29. The highest BCUT2D eigenvalue weighted by molar-refractivity contribution is 7.99. The molecule has 0 fully saturated rings. The predicted octanol–water partition coefficient (Wildman–Crippen LogP) is 2.33. The van der Waals surface area contributed by atoms with Gasteiger partial charge in [-0.05, 0) is 12.7 Å². The van der Waals surface area contributed by atoms with Crippen LogP contribution in [-0.4, -0.2) is 24.1 Å². The second kappa shape index (κ2) is 4.75. The van der Waals surface area contributed by atoms with Gasteiger partial charge in [0.05, 0.1) is 13.0 Å². The van der Waals surface area contributed by atoms with E-state index in [9.17, 15) is 4.79 Å². The minimum absolute atomic E-state index is 0.00236. The lowest BCUT2D eigenvalue weighted by atomic mass is 9.98. The molecule has 3 heteroatoms. The van der Waals surface area contributed by atoms with E-state index in [1.807, 2.05) is 6.92 Å². The van der Waals surface area contributed by atoms with Gasteiger partial charge in [-0.1, -0.05) is 20.8 Å². The molecule has 0 saturated heterocycles. The van der Waals surface area contributed by atoms with E-state index in [-0.39, 0.29) is 16.6 Å². The molecule has 0 aromatic carbocycles. The number of ether oxygens (including phenoxy) is 1. The number of rotatable bonds is 4. The summed E-state index contributed by atoms with van der Waals surface area (Å²) >= 11 is 1.78. The Kier molecular flexibility index (Phi) is 4.68. The molecule has 1 unspecified atom stereocenters. The maximum Gasteiger partial charge on any atom is 0.308 e. The normalized spacial score (nSPS) is 14.1. The number of thioether (sulfide) groups is 1. The number of esters is 1. The summed E-state index contributed by atoms with van der Waals surface area (Å²) in [6.45, 7) is 6.18. The Morgan fingerprint density at radius 1 is 1.58 bits per heavy atom. The fourth-order valence-corrected chi connectivity index (χ4v) is 1.52. The minimum atomic E-state index is -0.114. The highest BCUT2D eigenvalue weighted by atomic mass is 32.2. The largest absolute Gasteiger partial charge is 0.469 e. The summed E-state index contributed by atoms with van der Waals surface area (Å²) in [5, 5.41) is 0. The zero-order chi connectivity index (χ0) is 9.78. The summed E-state index contributed by atoms with van der Waals surface area (Å²) in [5.41, 5.74) is 0. The number of carbonyl (C=O) groups excluding carboxylic acids is 1. The number of carbonyl (C=O) groups is 1. The third-order valence-electron chi connectivity index (χ3n) is 1.95. The molecule has 0 bridgehead atoms. The Morgan fingerprint density at radius 3 is 2.42 bits per heavy atom. The van der Waals surface area contributed by atoms with Crippen molar-refractivity contribution in [3.05, 3.63) is 0 Å². The van der Waals surface area contributed by atoms with Crippen LogP contribution in [0.4, 0.5) is 0 Å². The summed E-state index contributed by atoms with van der Waals surface area (Å²) < 4.78 is 4.81. The average molecular weight is 190 g/mol. The van der Waals surface area contributed by atoms with Crippen molar-refractivity contribution in [3.63, 3.8) is 0 Å². The van der Waals surface area contributed by atoms with Crippen LogP contribution in [0.25, 0.3) is 0 Å². The van der Waals surface area contributed by atoms with E-state index < -0.39 is 0 Å². The van der Waals surface area contributed by atoms with Gasteiger partial charge in [-0.3, -0.25) is 4.79 Å². The van der Waals surface area contributed by atoms with Crippen LogP contribution in [0.2, 0.25) is 0 Å². The summed E-state index contributed by atoms with van der Waals surface area (Å²) in [5.74, 6) is -0.116. The maximum absolute atomic E-state index is 11.1. The molecule has 0 saturated carbocycles. The Balaban J connectivity index is 3.99. The SMILES string of the molecule is COC(=O)C(C)CC(C)(C)SC. The van der Waals surface area contributed by atoms with Gasteiger partial charge in [0.2, 0.25) is 0 Å². The lowest BCUT2D eigenvalue weighted by Gasteiger charge is -2.24. The topological polar surface area (TPSA) is 26.3 Å². The second-order valence-corrected chi connectivity index (χ2v) is 5.11. The van der Waals surface area contributed by atoms with E-state index in [1.165, 1.54) is 7.11 Å². The fraction of sp³-hybridized carbons (Fsp3) is 0.889. The molecule has 0 aliphatic heterocycles. The Bertz CT molecular complexity index is 155. The molecule has 0 aromatic heterocycles.